The largest absolute Gasteiger partial charge is 0.497 e. The molecule has 10 heteroatoms. The maximum Gasteiger partial charge on any atom is 0.185 e. The number of nitrogens with zero attached hydrogens (tertiary/aromatic N) is 2. The summed E-state index contributed by atoms with van der Waals surface area (Å²) < 4.78 is 5.19. The van der Waals surface area contributed by atoms with Gasteiger partial charge in [-0.05, 0) is 41.7 Å². The molecule has 3 aromatic rings. The average molecular weight is 376 g/mol. The molecule has 24 heavy (non-hydrogen) atoms. The fourth-order valence-electron chi connectivity index (χ4n) is 2.45. The summed E-state index contributed by atoms with van der Waals surface area (Å²) >= 11 is 7.23. The van der Waals surface area contributed by atoms with Crippen molar-refractivity contribution in [3.63, 3.8) is 0 Å². The molecule has 0 bridgehead atoms. The molecule has 0 aliphatic carbocycles. The van der Waals surface area contributed by atoms with Crippen LogP contribution in [0.15, 0.2) is 30.3 Å². The normalized spacial score (nSPS) is 19.8. The van der Waals surface area contributed by atoms with E-state index in [4.69, 9.17) is 27.7 Å². The van der Waals surface area contributed by atoms with Gasteiger partial charge in [0.15, 0.2) is 5.65 Å². The Hall–Kier alpha value is -2.09. The van der Waals surface area contributed by atoms with Crippen molar-refractivity contribution in [1.29, 1.82) is 5.41 Å². The highest BCUT2D eigenvalue weighted by Crippen LogP contribution is 2.61. The van der Waals surface area contributed by atoms with Gasteiger partial charge in [-0.15, -0.1) is 0 Å². The molecule has 7 nitrogen and oxygen atoms in total. The Bertz CT molecular complexity index is 1020. The molecule has 1 unspecified atom stereocenters. The van der Waals surface area contributed by atoms with Gasteiger partial charge >= 0.3 is 0 Å². The van der Waals surface area contributed by atoms with Gasteiger partial charge < -0.3 is 15.6 Å². The van der Waals surface area contributed by atoms with Gasteiger partial charge in [-0.3, -0.25) is 10.5 Å². The molecule has 122 valence electrons. The lowest BCUT2D eigenvalue weighted by molar-refractivity contribution is 0.415. The maximum atomic E-state index is 8.40. The monoisotopic (exact) mass is 376 g/mol. The molecular formula is C14H13N6OPS2. The van der Waals surface area contributed by atoms with Gasteiger partial charge in [-0.25, -0.2) is 4.98 Å². The number of nitrogens with one attached hydrogen (secondary N) is 3. The van der Waals surface area contributed by atoms with E-state index < -0.39 is 5.39 Å². The number of hydrogen-bond acceptors (Lipinski definition) is 7. The van der Waals surface area contributed by atoms with Gasteiger partial charge in [0, 0.05) is 5.30 Å². The Morgan fingerprint density at radius 1 is 1.33 bits per heavy atom. The molecule has 0 spiro atoms. The van der Waals surface area contributed by atoms with E-state index in [0.29, 0.717) is 33.3 Å². The van der Waals surface area contributed by atoms with Crippen molar-refractivity contribution in [3.05, 3.63) is 35.9 Å². The maximum absolute atomic E-state index is 8.40. The first-order chi connectivity index (χ1) is 11.5. The van der Waals surface area contributed by atoms with Crippen LogP contribution in [-0.4, -0.2) is 27.3 Å². The van der Waals surface area contributed by atoms with Crippen LogP contribution in [0.2, 0.25) is 0 Å². The van der Waals surface area contributed by atoms with E-state index in [-0.39, 0.29) is 0 Å². The zero-order valence-electron chi connectivity index (χ0n) is 12.5. The minimum atomic E-state index is -2.27. The molecule has 2 aromatic heterocycles. The molecule has 1 aromatic carbocycles. The number of aromatic nitrogens is 3. The van der Waals surface area contributed by atoms with E-state index in [1.54, 1.807) is 7.11 Å². The highest BCUT2D eigenvalue weighted by atomic mass is 32.9. The van der Waals surface area contributed by atoms with E-state index in [2.05, 4.69) is 20.3 Å². The van der Waals surface area contributed by atoms with Crippen LogP contribution >= 0.6 is 16.8 Å². The lowest BCUT2D eigenvalue weighted by Gasteiger charge is -2.29. The summed E-state index contributed by atoms with van der Waals surface area (Å²) in [6.07, 6.45) is 0. The Morgan fingerprint density at radius 3 is 2.79 bits per heavy atom. The van der Waals surface area contributed by atoms with Crippen molar-refractivity contribution in [2.45, 2.75) is 0 Å². The van der Waals surface area contributed by atoms with Crippen LogP contribution in [0, 0.1) is 5.41 Å². The molecule has 1 atom stereocenters. The first-order valence-electron chi connectivity index (χ1n) is 6.96. The number of pyridine rings is 1. The van der Waals surface area contributed by atoms with E-state index in [0.717, 1.165) is 11.1 Å². The fraction of sp³-hybridized carbons (Fsp3) is 0.0714. The van der Waals surface area contributed by atoms with Crippen molar-refractivity contribution in [3.8, 4) is 5.75 Å². The minimum Gasteiger partial charge on any atom is -0.497 e. The van der Waals surface area contributed by atoms with E-state index in [1.165, 1.54) is 11.4 Å². The summed E-state index contributed by atoms with van der Waals surface area (Å²) in [4.78, 5) is 4.49. The second-order valence-corrected chi connectivity index (χ2v) is 12.1. The minimum absolute atomic E-state index is 0.387. The van der Waals surface area contributed by atoms with Crippen LogP contribution in [0.3, 0.4) is 0 Å². The second-order valence-electron chi connectivity index (χ2n) is 5.17. The van der Waals surface area contributed by atoms with E-state index in [1.807, 2.05) is 30.3 Å². The Balaban J connectivity index is 1.81. The third-order valence-electron chi connectivity index (χ3n) is 3.70. The highest BCUT2D eigenvalue weighted by molar-refractivity contribution is 8.78. The number of H-pyrrole nitrogens is 1. The molecule has 0 amide bonds. The molecular weight excluding hydrogens is 363 g/mol. The van der Waals surface area contributed by atoms with E-state index >= 15 is 0 Å². The predicted octanol–water partition coefficient (Wildman–Crippen LogP) is 2.67. The molecule has 0 radical (unpaired) electrons. The first kappa shape index (κ1) is 15.4. The first-order valence-corrected chi connectivity index (χ1v) is 11.2. The summed E-state index contributed by atoms with van der Waals surface area (Å²) in [5.41, 5.74) is 7.04. The SMILES string of the molecule is COc1ccc(P2(=S)Nc3nc4n[nH]c(N)c4cc3C(=N)S2)cc1. The molecule has 4 rings (SSSR count). The van der Waals surface area contributed by atoms with Crippen LogP contribution in [0.1, 0.15) is 5.56 Å². The lowest BCUT2D eigenvalue weighted by atomic mass is 10.2. The van der Waals surface area contributed by atoms with Gasteiger partial charge in [0.1, 0.15) is 27.8 Å². The number of ether oxygens (including phenoxy) is 1. The molecule has 1 aliphatic heterocycles. The van der Waals surface area contributed by atoms with Crippen LogP contribution in [-0.2, 0) is 11.8 Å². The number of nitrogen functional groups attached to an aromatic ring is 1. The fourth-order valence-corrected chi connectivity index (χ4v) is 7.68. The topological polar surface area (TPSA) is 113 Å². The van der Waals surface area contributed by atoms with Crippen molar-refractivity contribution >= 4 is 61.6 Å². The van der Waals surface area contributed by atoms with Crippen LogP contribution < -0.4 is 20.9 Å². The standard InChI is InChI=1S/C14H13N6OPS2/c1-21-7-2-4-8(5-3-7)22(23)20-14-10(12(16)24-22)6-9-11(15)18-19-13(9)17-14/h2-6,16H,1H3,(H4,15,17,18,19,20,23). The smallest absolute Gasteiger partial charge is 0.185 e. The molecule has 3 heterocycles. The zero-order valence-corrected chi connectivity index (χ0v) is 15.1. The second kappa shape index (κ2) is 5.47. The van der Waals surface area contributed by atoms with Crippen LogP contribution in [0.5, 0.6) is 5.75 Å². The molecule has 0 fully saturated rings. The predicted molar refractivity (Wildman–Crippen MR) is 103 cm³/mol. The van der Waals surface area contributed by atoms with Gasteiger partial charge in [0.05, 0.1) is 18.1 Å². The number of benzene rings is 1. The third kappa shape index (κ3) is 2.36. The van der Waals surface area contributed by atoms with Gasteiger partial charge in [0.2, 0.25) is 0 Å². The summed E-state index contributed by atoms with van der Waals surface area (Å²) in [7, 11) is 1.62. The number of methoxy groups -OCH3 is 1. The van der Waals surface area contributed by atoms with Crippen molar-refractivity contribution in [2.75, 3.05) is 17.9 Å². The summed E-state index contributed by atoms with van der Waals surface area (Å²) in [6.45, 7) is 0. The summed E-state index contributed by atoms with van der Waals surface area (Å²) in [5.74, 6) is 1.79. The number of fused-ring (bicyclic) bond motifs is 2. The van der Waals surface area contributed by atoms with Gasteiger partial charge in [0.25, 0.3) is 0 Å². The Kier molecular flexibility index (Phi) is 3.52. The number of rotatable bonds is 2. The van der Waals surface area contributed by atoms with Crippen LogP contribution in [0.4, 0.5) is 11.6 Å². The molecule has 1 aliphatic rings. The summed E-state index contributed by atoms with van der Waals surface area (Å²) in [5, 5.41) is 18.3. The Morgan fingerprint density at radius 2 is 2.08 bits per heavy atom. The van der Waals surface area contributed by atoms with E-state index in [9.17, 15) is 0 Å². The number of aromatic amines is 1. The number of anilines is 2. The molecule has 5 N–H and O–H groups in total. The van der Waals surface area contributed by atoms with Crippen molar-refractivity contribution < 1.29 is 4.74 Å². The van der Waals surface area contributed by atoms with Crippen molar-refractivity contribution in [2.24, 2.45) is 0 Å². The van der Waals surface area contributed by atoms with Crippen molar-refractivity contribution in [1.82, 2.24) is 15.2 Å². The van der Waals surface area contributed by atoms with Crippen LogP contribution in [0.25, 0.3) is 11.0 Å². The molecule has 0 saturated heterocycles. The Labute approximate surface area is 146 Å². The summed E-state index contributed by atoms with van der Waals surface area (Å²) in [6, 6.07) is 9.43. The average Bonchev–Trinajstić information content (AvgIpc) is 2.94. The van der Waals surface area contributed by atoms with Gasteiger partial charge in [-0.2, -0.15) is 5.10 Å². The lowest BCUT2D eigenvalue weighted by Crippen LogP contribution is -2.17. The molecule has 0 saturated carbocycles. The quantitative estimate of drug-likeness (QED) is 0.509. The number of nitrogens with two attached hydrogens (primary N) is 1. The number of hydrogen-bond donors (Lipinski definition) is 4. The van der Waals surface area contributed by atoms with Gasteiger partial charge in [-0.1, -0.05) is 11.8 Å². The zero-order chi connectivity index (χ0) is 16.9. The third-order valence-corrected chi connectivity index (χ3v) is 9.65. The highest BCUT2D eigenvalue weighted by Gasteiger charge is 2.32.